The van der Waals surface area contributed by atoms with Crippen LogP contribution in [0.15, 0.2) is 35.6 Å². The number of benzene rings is 1. The Hall–Kier alpha value is -4.99. The Labute approximate surface area is 303 Å². The highest BCUT2D eigenvalue weighted by Gasteiger charge is 2.34. The number of nitrogens with zero attached hydrogens (tertiary/aromatic N) is 3. The fraction of sp³-hybridized carbons (Fsp3) is 0.600. The van der Waals surface area contributed by atoms with E-state index in [1.165, 1.54) is 0 Å². The zero-order valence-electron chi connectivity index (χ0n) is 31.0. The number of hydrogen-bond acceptors (Lipinski definition) is 9. The van der Waals surface area contributed by atoms with Crippen molar-refractivity contribution < 1.29 is 33.5 Å². The van der Waals surface area contributed by atoms with Crippen LogP contribution >= 0.6 is 0 Å². The smallest absolute Gasteiger partial charge is 0.308 e. The molecule has 286 valence electrons. The molecule has 0 saturated carbocycles. The minimum atomic E-state index is -1.47. The van der Waals surface area contributed by atoms with E-state index in [9.17, 15) is 28.8 Å². The first-order valence-electron chi connectivity index (χ1n) is 17.4. The van der Waals surface area contributed by atoms with Gasteiger partial charge in [0, 0.05) is 22.0 Å². The van der Waals surface area contributed by atoms with E-state index in [4.69, 9.17) is 21.7 Å². The molecule has 5 amide bonds. The third-order valence-electron chi connectivity index (χ3n) is 7.92. The summed E-state index contributed by atoms with van der Waals surface area (Å²) in [6.07, 6.45) is 1.85. The van der Waals surface area contributed by atoms with E-state index in [-0.39, 0.29) is 31.7 Å². The number of rotatable bonds is 19. The number of fused-ring (bicyclic) bond motifs is 1. The average molecular weight is 727 g/mol. The van der Waals surface area contributed by atoms with Gasteiger partial charge in [0.1, 0.15) is 23.7 Å². The van der Waals surface area contributed by atoms with Crippen LogP contribution in [0.4, 0.5) is 0 Å². The molecule has 0 spiro atoms. The Morgan fingerprint density at radius 2 is 1.52 bits per heavy atom. The summed E-state index contributed by atoms with van der Waals surface area (Å²) >= 11 is 0. The molecule has 0 unspecified atom stereocenters. The summed E-state index contributed by atoms with van der Waals surface area (Å²) in [7, 11) is 0. The maximum absolute atomic E-state index is 13.8. The molecule has 0 saturated heterocycles. The van der Waals surface area contributed by atoms with Crippen LogP contribution in [0.3, 0.4) is 0 Å². The molecular weight excluding hydrogens is 672 g/mol. The topological polar surface area (TPSA) is 276 Å². The van der Waals surface area contributed by atoms with Crippen molar-refractivity contribution >= 4 is 46.4 Å². The minimum Gasteiger partial charge on any atom is -0.460 e. The number of hydrogen-bond donors (Lipinski definition) is 7. The monoisotopic (exact) mass is 726 g/mol. The fourth-order valence-corrected chi connectivity index (χ4v) is 5.39. The lowest BCUT2D eigenvalue weighted by molar-refractivity contribution is -0.156. The van der Waals surface area contributed by atoms with Gasteiger partial charge in [0.25, 0.3) is 0 Å². The second-order valence-corrected chi connectivity index (χ2v) is 14.5. The Balaban J connectivity index is 2.29. The maximum Gasteiger partial charge on any atom is 0.308 e. The Morgan fingerprint density at radius 3 is 2.12 bits per heavy atom. The second kappa shape index (κ2) is 20.2. The van der Waals surface area contributed by atoms with Gasteiger partial charge in [0.15, 0.2) is 0 Å². The number of esters is 1. The number of para-hydroxylation sites is 1. The molecule has 0 bridgehead atoms. The summed E-state index contributed by atoms with van der Waals surface area (Å²) in [5, 5.41) is 14.4. The van der Waals surface area contributed by atoms with Crippen LogP contribution in [0.25, 0.3) is 21.3 Å². The SMILES string of the molecule is CC(C)C[C@H](NC(=O)[C@H](NC(=O)[C@H](CCCN)NC(=O)[C@@H](CC(=O)OC(C)(C)C)NC(=O)[C@H](N)Cc1c[nH]c2ccccc12)C(C)C)C(=O)N=[N+]=[N-]. The average Bonchev–Trinajstić information content (AvgIpc) is 3.45. The molecule has 0 aliphatic heterocycles. The van der Waals surface area contributed by atoms with E-state index in [1.54, 1.807) is 40.8 Å². The molecule has 17 heteroatoms. The van der Waals surface area contributed by atoms with Gasteiger partial charge in [0.2, 0.25) is 29.5 Å². The fourth-order valence-electron chi connectivity index (χ4n) is 5.39. The highest BCUT2D eigenvalue weighted by molar-refractivity contribution is 5.97. The lowest BCUT2D eigenvalue weighted by atomic mass is 9.99. The van der Waals surface area contributed by atoms with Crippen LogP contribution in [-0.2, 0) is 39.9 Å². The van der Waals surface area contributed by atoms with Crippen LogP contribution in [0, 0.1) is 11.8 Å². The normalized spacial score (nSPS) is 14.4. The van der Waals surface area contributed by atoms with E-state index >= 15 is 0 Å². The molecule has 52 heavy (non-hydrogen) atoms. The minimum absolute atomic E-state index is 0.0386. The van der Waals surface area contributed by atoms with Gasteiger partial charge in [-0.2, -0.15) is 0 Å². The van der Waals surface area contributed by atoms with Crippen molar-refractivity contribution in [2.45, 2.75) is 116 Å². The summed E-state index contributed by atoms with van der Waals surface area (Å²) in [5.74, 6) is -5.16. The first-order valence-corrected chi connectivity index (χ1v) is 17.4. The van der Waals surface area contributed by atoms with Gasteiger partial charge in [-0.25, -0.2) is 0 Å². The first-order chi connectivity index (χ1) is 24.4. The van der Waals surface area contributed by atoms with Crippen LogP contribution in [0.5, 0.6) is 0 Å². The summed E-state index contributed by atoms with van der Waals surface area (Å²) in [5.41, 5.74) is 21.5. The van der Waals surface area contributed by atoms with E-state index in [1.807, 2.05) is 38.1 Å². The number of nitrogens with one attached hydrogen (secondary N) is 5. The molecule has 1 heterocycles. The summed E-state index contributed by atoms with van der Waals surface area (Å²) in [6, 6.07) is 1.42. The van der Waals surface area contributed by atoms with E-state index < -0.39 is 83.7 Å². The van der Waals surface area contributed by atoms with Gasteiger partial charge in [-0.1, -0.05) is 45.9 Å². The highest BCUT2D eigenvalue weighted by Crippen LogP contribution is 2.19. The molecule has 2 rings (SSSR count). The molecular formula is C35H54N10O7. The van der Waals surface area contributed by atoms with Crippen molar-refractivity contribution in [2.75, 3.05) is 6.54 Å². The zero-order valence-corrected chi connectivity index (χ0v) is 31.0. The van der Waals surface area contributed by atoms with Crippen molar-refractivity contribution in [1.29, 1.82) is 0 Å². The molecule has 2 aromatic rings. The van der Waals surface area contributed by atoms with Crippen LogP contribution in [0.2, 0.25) is 0 Å². The standard InChI is InChI=1S/C35H54N10O7/c1-19(2)15-26(33(50)44-45-38)42-34(51)29(20(3)4)43-31(48)25(13-10-14-36)40-32(49)27(17-28(46)52-35(5,6)7)41-30(47)23(37)16-21-18-39-24-12-9-8-11-22(21)24/h8-9,11-12,18-20,23,25-27,29,39H,10,13-17,36-37H2,1-7H3,(H,40,49)(H,41,47)(H,42,51)(H,43,48)/t23-,25+,26+,27-,29-/m1/s1. The summed E-state index contributed by atoms with van der Waals surface area (Å²) < 4.78 is 5.41. The van der Waals surface area contributed by atoms with E-state index in [0.717, 1.165) is 16.5 Å². The molecule has 1 aromatic carbocycles. The molecule has 0 aliphatic carbocycles. The molecule has 0 radical (unpaired) electrons. The van der Waals surface area contributed by atoms with Crippen molar-refractivity contribution in [3.05, 3.63) is 46.5 Å². The molecule has 5 atom stereocenters. The third kappa shape index (κ3) is 14.0. The largest absolute Gasteiger partial charge is 0.460 e. The first kappa shape index (κ1) is 43.2. The molecule has 0 fully saturated rings. The van der Waals surface area contributed by atoms with Crippen LogP contribution < -0.4 is 32.7 Å². The highest BCUT2D eigenvalue weighted by atomic mass is 16.6. The number of carbonyl (C=O) groups excluding carboxylic acids is 6. The number of ether oxygens (including phenoxy) is 1. The number of amides is 5. The van der Waals surface area contributed by atoms with E-state index in [2.05, 4.69) is 36.3 Å². The number of H-pyrrole nitrogens is 1. The predicted octanol–water partition coefficient (Wildman–Crippen LogP) is 1.99. The molecule has 9 N–H and O–H groups in total. The quantitative estimate of drug-likeness (QED) is 0.0482. The summed E-state index contributed by atoms with van der Waals surface area (Å²) in [4.78, 5) is 85.1. The van der Waals surface area contributed by atoms with Crippen molar-refractivity contribution in [3.8, 4) is 0 Å². The maximum atomic E-state index is 13.8. The van der Waals surface area contributed by atoms with Crippen LogP contribution in [0.1, 0.15) is 79.7 Å². The number of carbonyl (C=O) groups is 6. The molecule has 17 nitrogen and oxygen atoms in total. The predicted molar refractivity (Wildman–Crippen MR) is 195 cm³/mol. The Morgan fingerprint density at radius 1 is 0.904 bits per heavy atom. The zero-order chi connectivity index (χ0) is 39.2. The van der Waals surface area contributed by atoms with Gasteiger partial charge in [-0.15, -0.1) is 0 Å². The number of azide groups is 1. The Kier molecular flexibility index (Phi) is 16.7. The number of aromatic nitrogens is 1. The number of aromatic amines is 1. The van der Waals surface area contributed by atoms with Gasteiger partial charge in [0.05, 0.1) is 18.5 Å². The summed E-state index contributed by atoms with van der Waals surface area (Å²) in [6.45, 7) is 12.1. The van der Waals surface area contributed by atoms with Crippen molar-refractivity contribution in [1.82, 2.24) is 26.3 Å². The third-order valence-corrected chi connectivity index (χ3v) is 7.92. The molecule has 1 aromatic heterocycles. The second-order valence-electron chi connectivity index (χ2n) is 14.5. The number of nitrogens with two attached hydrogens (primary N) is 2. The van der Waals surface area contributed by atoms with Gasteiger partial charge < -0.3 is 42.5 Å². The lowest BCUT2D eigenvalue weighted by Gasteiger charge is -2.28. The Bertz CT molecular complexity index is 1610. The van der Waals surface area contributed by atoms with E-state index in [0.29, 0.717) is 6.42 Å². The van der Waals surface area contributed by atoms with Gasteiger partial charge in [-0.3, -0.25) is 28.8 Å². The lowest BCUT2D eigenvalue weighted by Crippen LogP contribution is -2.59. The van der Waals surface area contributed by atoms with Crippen molar-refractivity contribution in [2.24, 2.45) is 28.4 Å². The van der Waals surface area contributed by atoms with Gasteiger partial charge >= 0.3 is 5.97 Å². The molecule has 0 aliphatic rings. The van der Waals surface area contributed by atoms with Gasteiger partial charge in [-0.05, 0) is 87.1 Å². The van der Waals surface area contributed by atoms with Crippen molar-refractivity contribution in [3.63, 3.8) is 0 Å². The van der Waals surface area contributed by atoms with Crippen LogP contribution in [-0.4, -0.2) is 82.8 Å².